The minimum atomic E-state index is -0.455. The lowest BCUT2D eigenvalue weighted by Crippen LogP contribution is -2.35. The highest BCUT2D eigenvalue weighted by Crippen LogP contribution is 2.34. The van der Waals surface area contributed by atoms with Crippen molar-refractivity contribution in [1.29, 1.82) is 0 Å². The summed E-state index contributed by atoms with van der Waals surface area (Å²) < 4.78 is 0. The zero-order valence-electron chi connectivity index (χ0n) is 16.0. The van der Waals surface area contributed by atoms with Crippen LogP contribution in [0.15, 0.2) is 36.4 Å². The Morgan fingerprint density at radius 3 is 2.74 bits per heavy atom. The zero-order valence-corrected chi connectivity index (χ0v) is 16.0. The van der Waals surface area contributed by atoms with Crippen LogP contribution in [-0.2, 0) is 11.2 Å². The lowest BCUT2D eigenvalue weighted by molar-refractivity contribution is -0.384. The van der Waals surface area contributed by atoms with Crippen LogP contribution in [0.5, 0.6) is 0 Å². The number of rotatable bonds is 5. The van der Waals surface area contributed by atoms with Crippen molar-refractivity contribution in [2.75, 3.05) is 18.9 Å². The second kappa shape index (κ2) is 7.88. The molecule has 0 heterocycles. The van der Waals surface area contributed by atoms with E-state index in [1.807, 2.05) is 31.0 Å². The van der Waals surface area contributed by atoms with E-state index in [9.17, 15) is 14.9 Å². The highest BCUT2D eigenvalue weighted by Gasteiger charge is 2.26. The first-order valence-corrected chi connectivity index (χ1v) is 9.21. The predicted octanol–water partition coefficient (Wildman–Crippen LogP) is 4.16. The number of likely N-dealkylation sites (N-methyl/N-ethyl adjacent to an activating group) is 1. The monoisotopic (exact) mass is 367 g/mol. The summed E-state index contributed by atoms with van der Waals surface area (Å²) in [7, 11) is 1.93. The first kappa shape index (κ1) is 19.0. The molecule has 6 nitrogen and oxygen atoms in total. The van der Waals surface area contributed by atoms with Crippen molar-refractivity contribution in [2.24, 2.45) is 0 Å². The third-order valence-corrected chi connectivity index (χ3v) is 5.44. The maximum absolute atomic E-state index is 12.6. The second-order valence-corrected chi connectivity index (χ2v) is 7.23. The summed E-state index contributed by atoms with van der Waals surface area (Å²) in [5, 5.41) is 14.1. The molecular weight excluding hydrogens is 342 g/mol. The maximum atomic E-state index is 12.6. The topological polar surface area (TPSA) is 75.5 Å². The predicted molar refractivity (Wildman–Crippen MR) is 106 cm³/mol. The van der Waals surface area contributed by atoms with Crippen LogP contribution in [0.4, 0.5) is 11.4 Å². The molecule has 2 aromatic rings. The van der Waals surface area contributed by atoms with E-state index in [-0.39, 0.29) is 24.2 Å². The number of benzene rings is 2. The number of carbonyl (C=O) groups is 1. The van der Waals surface area contributed by atoms with Crippen LogP contribution < -0.4 is 5.32 Å². The Hall–Kier alpha value is -2.73. The highest BCUT2D eigenvalue weighted by molar-refractivity contribution is 5.95. The molecule has 1 atom stereocenters. The molecule has 0 saturated heterocycles. The van der Waals surface area contributed by atoms with Crippen LogP contribution >= 0.6 is 0 Å². The Labute approximate surface area is 159 Å². The first-order chi connectivity index (χ1) is 12.9. The molecule has 1 aliphatic carbocycles. The van der Waals surface area contributed by atoms with Crippen LogP contribution in [0.25, 0.3) is 0 Å². The summed E-state index contributed by atoms with van der Waals surface area (Å²) in [6.45, 7) is 3.85. The van der Waals surface area contributed by atoms with Crippen molar-refractivity contribution in [3.8, 4) is 0 Å². The van der Waals surface area contributed by atoms with E-state index in [4.69, 9.17) is 0 Å². The van der Waals surface area contributed by atoms with Gasteiger partial charge >= 0.3 is 0 Å². The number of nitro groups is 1. The van der Waals surface area contributed by atoms with Gasteiger partial charge in [-0.2, -0.15) is 0 Å². The lowest BCUT2D eigenvalue weighted by Gasteiger charge is -2.32. The van der Waals surface area contributed by atoms with Gasteiger partial charge in [-0.05, 0) is 62.4 Å². The van der Waals surface area contributed by atoms with E-state index in [1.165, 1.54) is 17.2 Å². The molecule has 0 saturated carbocycles. The number of nitrogens with zero attached hydrogens (tertiary/aromatic N) is 2. The van der Waals surface area contributed by atoms with Crippen molar-refractivity contribution in [3.63, 3.8) is 0 Å². The third kappa shape index (κ3) is 4.01. The molecule has 0 aromatic heterocycles. The number of fused-ring (bicyclic) bond motifs is 1. The average Bonchev–Trinajstić information content (AvgIpc) is 2.64. The molecule has 1 N–H and O–H groups in total. The number of nitrogens with one attached hydrogen (secondary N) is 1. The number of amides is 1. The number of nitro benzene ring substituents is 1. The number of hydrogen-bond acceptors (Lipinski definition) is 4. The van der Waals surface area contributed by atoms with Crippen LogP contribution in [0, 0.1) is 24.0 Å². The number of hydrogen-bond donors (Lipinski definition) is 1. The van der Waals surface area contributed by atoms with E-state index in [0.717, 1.165) is 30.4 Å². The normalized spacial score (nSPS) is 16.1. The molecule has 0 aliphatic heterocycles. The molecule has 1 amide bonds. The van der Waals surface area contributed by atoms with Gasteiger partial charge in [-0.15, -0.1) is 0 Å². The van der Waals surface area contributed by atoms with E-state index < -0.39 is 4.92 Å². The van der Waals surface area contributed by atoms with Gasteiger partial charge in [-0.3, -0.25) is 19.8 Å². The first-order valence-electron chi connectivity index (χ1n) is 9.21. The standard InChI is InChI=1S/C21H25N3O3/c1-14-11-12-19(24(26)27)21(15(14)2)22-20(25)13-23(3)18-10-6-8-16-7-4-5-9-17(16)18/h4-5,7,9,11-12,18H,6,8,10,13H2,1-3H3,(H,22,25)/t18-/m0/s1. The minimum Gasteiger partial charge on any atom is -0.319 e. The molecule has 3 rings (SSSR count). The van der Waals surface area contributed by atoms with E-state index in [0.29, 0.717) is 5.69 Å². The smallest absolute Gasteiger partial charge is 0.293 e. The SMILES string of the molecule is Cc1ccc([N+](=O)[O-])c(NC(=O)CN(C)[C@H]2CCCc3ccccc32)c1C. The van der Waals surface area contributed by atoms with Crippen molar-refractivity contribution in [1.82, 2.24) is 4.90 Å². The molecule has 0 unspecified atom stereocenters. The van der Waals surface area contributed by atoms with Crippen LogP contribution in [0.2, 0.25) is 0 Å². The second-order valence-electron chi connectivity index (χ2n) is 7.23. The molecule has 0 radical (unpaired) electrons. The van der Waals surface area contributed by atoms with Crippen molar-refractivity contribution >= 4 is 17.3 Å². The van der Waals surface area contributed by atoms with Gasteiger partial charge < -0.3 is 5.32 Å². The van der Waals surface area contributed by atoms with Gasteiger partial charge in [0, 0.05) is 12.1 Å². The lowest BCUT2D eigenvalue weighted by atomic mass is 9.87. The summed E-state index contributed by atoms with van der Waals surface area (Å²) in [4.78, 5) is 25.5. The largest absolute Gasteiger partial charge is 0.319 e. The number of aryl methyl sites for hydroxylation is 2. The molecule has 0 spiro atoms. The fourth-order valence-electron chi connectivity index (χ4n) is 3.81. The van der Waals surface area contributed by atoms with Crippen LogP contribution in [-0.4, -0.2) is 29.3 Å². The highest BCUT2D eigenvalue weighted by atomic mass is 16.6. The fraction of sp³-hybridized carbons (Fsp3) is 0.381. The van der Waals surface area contributed by atoms with E-state index in [1.54, 1.807) is 13.0 Å². The van der Waals surface area contributed by atoms with Gasteiger partial charge in [0.05, 0.1) is 11.5 Å². The van der Waals surface area contributed by atoms with Crippen LogP contribution in [0.1, 0.15) is 41.1 Å². The van der Waals surface area contributed by atoms with Gasteiger partial charge in [-0.25, -0.2) is 0 Å². The minimum absolute atomic E-state index is 0.0721. The Bertz CT molecular complexity index is 879. The summed E-state index contributed by atoms with van der Waals surface area (Å²) in [5.41, 5.74) is 4.47. The molecule has 1 aliphatic rings. The van der Waals surface area contributed by atoms with Gasteiger partial charge in [0.2, 0.25) is 5.91 Å². The Morgan fingerprint density at radius 1 is 1.26 bits per heavy atom. The molecule has 0 fully saturated rings. The van der Waals surface area contributed by atoms with E-state index >= 15 is 0 Å². The van der Waals surface area contributed by atoms with Crippen molar-refractivity contribution in [2.45, 2.75) is 39.2 Å². The Balaban J connectivity index is 1.76. The van der Waals surface area contributed by atoms with Gasteiger partial charge in [0.15, 0.2) is 0 Å². The molecule has 2 aromatic carbocycles. The molecule has 6 heteroatoms. The summed E-state index contributed by atoms with van der Waals surface area (Å²) in [6.07, 6.45) is 3.17. The Kier molecular flexibility index (Phi) is 5.56. The third-order valence-electron chi connectivity index (χ3n) is 5.44. The van der Waals surface area contributed by atoms with E-state index in [2.05, 4.69) is 17.4 Å². The van der Waals surface area contributed by atoms with Crippen LogP contribution in [0.3, 0.4) is 0 Å². The van der Waals surface area contributed by atoms with Gasteiger partial charge in [-0.1, -0.05) is 30.3 Å². The molecule has 0 bridgehead atoms. The summed E-state index contributed by atoms with van der Waals surface area (Å²) in [5.74, 6) is -0.239. The fourth-order valence-corrected chi connectivity index (χ4v) is 3.81. The number of carbonyl (C=O) groups excluding carboxylic acids is 1. The molecular formula is C21H25N3O3. The Morgan fingerprint density at radius 2 is 2.00 bits per heavy atom. The van der Waals surface area contributed by atoms with Gasteiger partial charge in [0.25, 0.3) is 5.69 Å². The van der Waals surface area contributed by atoms with Crippen molar-refractivity contribution < 1.29 is 9.72 Å². The summed E-state index contributed by atoms with van der Waals surface area (Å²) in [6, 6.07) is 11.7. The molecule has 27 heavy (non-hydrogen) atoms. The number of anilines is 1. The average molecular weight is 367 g/mol. The van der Waals surface area contributed by atoms with Crippen molar-refractivity contribution in [3.05, 3.63) is 68.8 Å². The molecule has 142 valence electrons. The summed E-state index contributed by atoms with van der Waals surface area (Å²) >= 11 is 0. The quantitative estimate of drug-likeness (QED) is 0.636. The zero-order chi connectivity index (χ0) is 19.6. The van der Waals surface area contributed by atoms with Gasteiger partial charge in [0.1, 0.15) is 5.69 Å². The maximum Gasteiger partial charge on any atom is 0.293 e.